The Morgan fingerprint density at radius 3 is 2.90 bits per heavy atom. The van der Waals surface area contributed by atoms with Gasteiger partial charge in [0.2, 0.25) is 0 Å². The van der Waals surface area contributed by atoms with Crippen molar-refractivity contribution in [1.82, 2.24) is 10.2 Å². The molecule has 2 atom stereocenters. The van der Waals surface area contributed by atoms with Crippen LogP contribution in [0.4, 0.5) is 0 Å². The van der Waals surface area contributed by atoms with E-state index < -0.39 is 6.23 Å². The molecule has 58 valence electrons. The summed E-state index contributed by atoms with van der Waals surface area (Å²) in [5.41, 5.74) is 0. The number of aliphatic hydroxyl groups excluding tert-OH is 1. The molecule has 1 heterocycles. The third kappa shape index (κ3) is 1.38. The maximum atomic E-state index is 9.24. The Morgan fingerprint density at radius 1 is 1.80 bits per heavy atom. The summed E-state index contributed by atoms with van der Waals surface area (Å²) in [6, 6.07) is 0. The fourth-order valence-electron chi connectivity index (χ4n) is 0.994. The van der Waals surface area contributed by atoms with Crippen molar-refractivity contribution in [3.05, 3.63) is 0 Å². The number of hydrogen-bond donors (Lipinski definition) is 2. The van der Waals surface area contributed by atoms with E-state index in [1.165, 1.54) is 0 Å². The summed E-state index contributed by atoms with van der Waals surface area (Å²) in [6.07, 6.45) is -0.469. The second-order valence-corrected chi connectivity index (χ2v) is 3.14. The van der Waals surface area contributed by atoms with E-state index in [-0.39, 0.29) is 5.92 Å². The molecule has 1 saturated heterocycles. The Morgan fingerprint density at radius 2 is 2.40 bits per heavy atom. The Hall–Kier alpha value is -0.350. The standard InChI is InChI=1S/C6H12N2OS/c1-4-3-8(2)6(10)7-5(4)9/h4-5,9H,3H2,1-2H3,(H,7,10). The molecule has 4 heteroatoms. The molecular formula is C6H12N2OS. The van der Waals surface area contributed by atoms with E-state index in [1.807, 2.05) is 18.9 Å². The van der Waals surface area contributed by atoms with Crippen molar-refractivity contribution >= 4 is 17.3 Å². The zero-order valence-corrected chi connectivity index (χ0v) is 6.98. The van der Waals surface area contributed by atoms with Crippen LogP contribution in [0.25, 0.3) is 0 Å². The highest BCUT2D eigenvalue weighted by molar-refractivity contribution is 7.80. The van der Waals surface area contributed by atoms with Crippen molar-refractivity contribution < 1.29 is 5.11 Å². The molecular weight excluding hydrogens is 148 g/mol. The maximum Gasteiger partial charge on any atom is 0.170 e. The van der Waals surface area contributed by atoms with Crippen LogP contribution in [0.1, 0.15) is 6.92 Å². The molecule has 0 aromatic rings. The van der Waals surface area contributed by atoms with Crippen LogP contribution in [-0.4, -0.2) is 34.9 Å². The molecule has 1 fully saturated rings. The molecule has 2 unspecified atom stereocenters. The SMILES string of the molecule is CC1CN(C)C(=S)NC1O. The van der Waals surface area contributed by atoms with Gasteiger partial charge in [-0.1, -0.05) is 6.92 Å². The zero-order valence-electron chi connectivity index (χ0n) is 6.16. The fraction of sp³-hybridized carbons (Fsp3) is 0.833. The summed E-state index contributed by atoms with van der Waals surface area (Å²) in [7, 11) is 1.91. The maximum absolute atomic E-state index is 9.24. The molecule has 3 nitrogen and oxygen atoms in total. The van der Waals surface area contributed by atoms with Crippen LogP contribution in [0.3, 0.4) is 0 Å². The van der Waals surface area contributed by atoms with Crippen LogP contribution in [0.15, 0.2) is 0 Å². The van der Waals surface area contributed by atoms with E-state index in [0.717, 1.165) is 6.54 Å². The van der Waals surface area contributed by atoms with Gasteiger partial charge in [0.25, 0.3) is 0 Å². The first-order chi connectivity index (χ1) is 4.61. The van der Waals surface area contributed by atoms with Crippen molar-refractivity contribution in [2.75, 3.05) is 13.6 Å². The van der Waals surface area contributed by atoms with Gasteiger partial charge in [-0.2, -0.15) is 0 Å². The topological polar surface area (TPSA) is 35.5 Å². The second kappa shape index (κ2) is 2.72. The monoisotopic (exact) mass is 160 g/mol. The van der Waals surface area contributed by atoms with Crippen molar-refractivity contribution in [2.45, 2.75) is 13.2 Å². The minimum atomic E-state index is -0.469. The van der Waals surface area contributed by atoms with Gasteiger partial charge >= 0.3 is 0 Å². The number of rotatable bonds is 0. The Labute approximate surface area is 66.0 Å². The van der Waals surface area contributed by atoms with Gasteiger partial charge in [0.15, 0.2) is 5.11 Å². The highest BCUT2D eigenvalue weighted by atomic mass is 32.1. The largest absolute Gasteiger partial charge is 0.373 e. The molecule has 1 aliphatic heterocycles. The van der Waals surface area contributed by atoms with Crippen LogP contribution >= 0.6 is 12.2 Å². The minimum absolute atomic E-state index is 0.247. The summed E-state index contributed by atoms with van der Waals surface area (Å²) in [5.74, 6) is 0.247. The minimum Gasteiger partial charge on any atom is -0.373 e. The molecule has 0 aliphatic carbocycles. The molecule has 2 N–H and O–H groups in total. The van der Waals surface area contributed by atoms with E-state index in [9.17, 15) is 5.11 Å². The first kappa shape index (κ1) is 7.75. The lowest BCUT2D eigenvalue weighted by atomic mass is 10.1. The summed E-state index contributed by atoms with van der Waals surface area (Å²) >= 11 is 4.91. The molecule has 10 heavy (non-hydrogen) atoms. The van der Waals surface area contributed by atoms with Gasteiger partial charge in [-0.05, 0) is 12.2 Å². The summed E-state index contributed by atoms with van der Waals surface area (Å²) in [6.45, 7) is 2.81. The van der Waals surface area contributed by atoms with Gasteiger partial charge in [-0.3, -0.25) is 0 Å². The third-order valence-corrected chi connectivity index (χ3v) is 2.15. The summed E-state index contributed by atoms with van der Waals surface area (Å²) < 4.78 is 0. The van der Waals surface area contributed by atoms with Gasteiger partial charge in [-0.15, -0.1) is 0 Å². The van der Waals surface area contributed by atoms with Crippen molar-refractivity contribution in [3.63, 3.8) is 0 Å². The number of hydrogen-bond acceptors (Lipinski definition) is 2. The molecule has 0 aromatic heterocycles. The molecule has 1 rings (SSSR count). The van der Waals surface area contributed by atoms with Crippen LogP contribution in [0.5, 0.6) is 0 Å². The van der Waals surface area contributed by atoms with Crippen molar-refractivity contribution in [2.24, 2.45) is 5.92 Å². The first-order valence-electron chi connectivity index (χ1n) is 3.31. The highest BCUT2D eigenvalue weighted by Gasteiger charge is 2.23. The number of aliphatic hydroxyl groups is 1. The summed E-state index contributed by atoms with van der Waals surface area (Å²) in [4.78, 5) is 1.92. The number of nitrogens with one attached hydrogen (secondary N) is 1. The van der Waals surface area contributed by atoms with E-state index >= 15 is 0 Å². The highest BCUT2D eigenvalue weighted by Crippen LogP contribution is 2.08. The van der Waals surface area contributed by atoms with E-state index in [0.29, 0.717) is 5.11 Å². The lowest BCUT2D eigenvalue weighted by molar-refractivity contribution is 0.0726. The van der Waals surface area contributed by atoms with Crippen molar-refractivity contribution in [3.8, 4) is 0 Å². The molecule has 0 amide bonds. The first-order valence-corrected chi connectivity index (χ1v) is 3.72. The Bertz CT molecular complexity index is 151. The number of nitrogens with zero attached hydrogens (tertiary/aromatic N) is 1. The quantitative estimate of drug-likeness (QED) is 0.479. The normalized spacial score (nSPS) is 33.9. The van der Waals surface area contributed by atoms with Gasteiger partial charge in [0, 0.05) is 19.5 Å². The van der Waals surface area contributed by atoms with Crippen LogP contribution in [0, 0.1) is 5.92 Å². The van der Waals surface area contributed by atoms with Gasteiger partial charge < -0.3 is 15.3 Å². The average molecular weight is 160 g/mol. The van der Waals surface area contributed by atoms with Crippen LogP contribution in [0.2, 0.25) is 0 Å². The molecule has 0 bridgehead atoms. The lowest BCUT2D eigenvalue weighted by Crippen LogP contribution is -2.54. The predicted molar refractivity (Wildman–Crippen MR) is 43.5 cm³/mol. The zero-order chi connectivity index (χ0) is 7.72. The number of thiocarbonyl (C=S) groups is 1. The van der Waals surface area contributed by atoms with Gasteiger partial charge in [0.05, 0.1) is 0 Å². The van der Waals surface area contributed by atoms with Gasteiger partial charge in [-0.25, -0.2) is 0 Å². The van der Waals surface area contributed by atoms with Crippen LogP contribution in [-0.2, 0) is 0 Å². The molecule has 0 spiro atoms. The Kier molecular flexibility index (Phi) is 2.11. The molecule has 0 saturated carbocycles. The van der Waals surface area contributed by atoms with Gasteiger partial charge in [0.1, 0.15) is 6.23 Å². The van der Waals surface area contributed by atoms with Crippen LogP contribution < -0.4 is 5.32 Å². The third-order valence-electron chi connectivity index (χ3n) is 1.72. The molecule has 0 aromatic carbocycles. The van der Waals surface area contributed by atoms with E-state index in [4.69, 9.17) is 12.2 Å². The molecule has 0 radical (unpaired) electrons. The van der Waals surface area contributed by atoms with E-state index in [2.05, 4.69) is 5.32 Å². The van der Waals surface area contributed by atoms with E-state index in [1.54, 1.807) is 0 Å². The molecule has 1 aliphatic rings. The second-order valence-electron chi connectivity index (χ2n) is 2.75. The Balaban J connectivity index is 2.54. The lowest BCUT2D eigenvalue weighted by Gasteiger charge is -2.34. The fourth-order valence-corrected chi connectivity index (χ4v) is 1.19. The predicted octanol–water partition coefficient (Wildman–Crippen LogP) is -0.239. The average Bonchev–Trinajstić information content (AvgIpc) is 1.84. The van der Waals surface area contributed by atoms with Crippen molar-refractivity contribution in [1.29, 1.82) is 0 Å². The smallest absolute Gasteiger partial charge is 0.170 e. The summed E-state index contributed by atoms with van der Waals surface area (Å²) in [5, 5.41) is 12.7.